The smallest absolute Gasteiger partial charge is 0.257 e. The Balaban J connectivity index is 1.63. The van der Waals surface area contributed by atoms with E-state index < -0.39 is 0 Å². The fraction of sp³-hybridized carbons (Fsp3) is 0.200. The van der Waals surface area contributed by atoms with Crippen molar-refractivity contribution in [3.05, 3.63) is 65.9 Å². The highest BCUT2D eigenvalue weighted by molar-refractivity contribution is 6.11. The molecule has 5 aromatic rings. The van der Waals surface area contributed by atoms with Gasteiger partial charge in [-0.2, -0.15) is 9.78 Å². The van der Waals surface area contributed by atoms with Gasteiger partial charge in [0.05, 0.1) is 17.2 Å². The first-order valence-corrected chi connectivity index (χ1v) is 11.0. The second-order valence-corrected chi connectivity index (χ2v) is 8.43. The van der Waals surface area contributed by atoms with Crippen molar-refractivity contribution in [2.75, 3.05) is 12.3 Å². The molecule has 0 atom stereocenters. The molecule has 33 heavy (non-hydrogen) atoms. The number of para-hydroxylation sites is 3. The third-order valence-corrected chi connectivity index (χ3v) is 5.64. The molecule has 166 valence electrons. The van der Waals surface area contributed by atoms with Crippen LogP contribution in [0.5, 0.6) is 0 Å². The first kappa shape index (κ1) is 20.7. The first-order chi connectivity index (χ1) is 16.0. The van der Waals surface area contributed by atoms with E-state index in [0.717, 1.165) is 22.9 Å². The molecule has 0 unspecified atom stereocenters. The topological polar surface area (TPSA) is 114 Å². The van der Waals surface area contributed by atoms with Gasteiger partial charge in [0, 0.05) is 29.2 Å². The molecule has 5 rings (SSSR count). The number of nitrogens with zero attached hydrogens (tertiary/aromatic N) is 4. The molecular weight excluding hydrogens is 414 g/mol. The van der Waals surface area contributed by atoms with Crippen LogP contribution in [0.1, 0.15) is 36.2 Å². The number of rotatable bonds is 6. The van der Waals surface area contributed by atoms with E-state index in [1.807, 2.05) is 54.7 Å². The average molecular weight is 440 g/mol. The fourth-order valence-electron chi connectivity index (χ4n) is 3.87. The van der Waals surface area contributed by atoms with Crippen LogP contribution in [0, 0.1) is 5.92 Å². The second kappa shape index (κ2) is 8.38. The average Bonchev–Trinajstić information content (AvgIpc) is 3.33. The maximum Gasteiger partial charge on any atom is 0.257 e. The van der Waals surface area contributed by atoms with Gasteiger partial charge in [0.2, 0.25) is 0 Å². The van der Waals surface area contributed by atoms with Gasteiger partial charge in [-0.3, -0.25) is 4.79 Å². The lowest BCUT2D eigenvalue weighted by atomic mass is 10.1. The molecule has 0 aliphatic rings. The highest BCUT2D eigenvalue weighted by Gasteiger charge is 2.24. The van der Waals surface area contributed by atoms with Gasteiger partial charge in [-0.1, -0.05) is 44.2 Å². The standard InChI is InChI=1S/C25H25N7O/c1-15(2)11-12-27-25(33)21-22-24(31-20-10-6-5-9-19(20)30-22)32(23(21)26)29-14-16-13-28-18-8-4-3-7-17(16)18/h3-10,13-15,28H,11-12,26H2,1-2H3,(H,27,33)/b29-14-. The Morgan fingerprint density at radius 1 is 1.15 bits per heavy atom. The quantitative estimate of drug-likeness (QED) is 0.342. The van der Waals surface area contributed by atoms with Crippen molar-refractivity contribution in [3.8, 4) is 0 Å². The van der Waals surface area contributed by atoms with Crippen LogP contribution in [0.3, 0.4) is 0 Å². The second-order valence-electron chi connectivity index (χ2n) is 8.43. The van der Waals surface area contributed by atoms with Crippen molar-refractivity contribution in [2.45, 2.75) is 20.3 Å². The van der Waals surface area contributed by atoms with Gasteiger partial charge < -0.3 is 16.0 Å². The van der Waals surface area contributed by atoms with Crippen LogP contribution in [0.2, 0.25) is 0 Å². The van der Waals surface area contributed by atoms with Crippen LogP contribution < -0.4 is 11.1 Å². The van der Waals surface area contributed by atoms with Crippen molar-refractivity contribution in [3.63, 3.8) is 0 Å². The predicted molar refractivity (Wildman–Crippen MR) is 133 cm³/mol. The third-order valence-electron chi connectivity index (χ3n) is 5.64. The van der Waals surface area contributed by atoms with Gasteiger partial charge in [-0.15, -0.1) is 0 Å². The molecule has 3 aromatic heterocycles. The summed E-state index contributed by atoms with van der Waals surface area (Å²) < 4.78 is 1.49. The Bertz CT molecular complexity index is 1510. The Kier molecular flexibility index (Phi) is 5.26. The van der Waals surface area contributed by atoms with Gasteiger partial charge in [-0.05, 0) is 30.5 Å². The molecule has 4 N–H and O–H groups in total. The van der Waals surface area contributed by atoms with E-state index in [9.17, 15) is 4.79 Å². The van der Waals surface area contributed by atoms with Gasteiger partial charge in [0.25, 0.3) is 5.91 Å². The van der Waals surface area contributed by atoms with E-state index in [-0.39, 0.29) is 11.7 Å². The number of nitrogens with one attached hydrogen (secondary N) is 2. The molecule has 0 saturated heterocycles. The number of carbonyl (C=O) groups excluding carboxylic acids is 1. The number of aromatic nitrogens is 4. The number of fused-ring (bicyclic) bond motifs is 3. The summed E-state index contributed by atoms with van der Waals surface area (Å²) in [6.07, 6.45) is 4.47. The number of hydrogen-bond donors (Lipinski definition) is 3. The largest absolute Gasteiger partial charge is 0.383 e. The Morgan fingerprint density at radius 3 is 2.67 bits per heavy atom. The van der Waals surface area contributed by atoms with Gasteiger partial charge in [-0.25, -0.2) is 9.97 Å². The molecule has 0 bridgehead atoms. The SMILES string of the molecule is CC(C)CCNC(=O)c1c(N)n(/N=C\c2c[nH]c3ccccc23)c2nc3ccccc3nc12. The summed E-state index contributed by atoms with van der Waals surface area (Å²) in [5.74, 6) is 0.413. The highest BCUT2D eigenvalue weighted by atomic mass is 16.1. The zero-order valence-corrected chi connectivity index (χ0v) is 18.5. The molecule has 0 aliphatic heterocycles. The van der Waals surface area contributed by atoms with Crippen LogP contribution in [0.4, 0.5) is 5.82 Å². The minimum absolute atomic E-state index is 0.207. The zero-order chi connectivity index (χ0) is 22.9. The summed E-state index contributed by atoms with van der Waals surface area (Å²) in [4.78, 5) is 25.8. The van der Waals surface area contributed by atoms with Crippen LogP contribution in [-0.2, 0) is 0 Å². The van der Waals surface area contributed by atoms with Crippen LogP contribution in [0.15, 0.2) is 59.8 Å². The zero-order valence-electron chi connectivity index (χ0n) is 18.5. The molecule has 3 heterocycles. The maximum atomic E-state index is 13.1. The summed E-state index contributed by atoms with van der Waals surface area (Å²) >= 11 is 0. The van der Waals surface area contributed by atoms with E-state index in [1.165, 1.54) is 4.68 Å². The third kappa shape index (κ3) is 3.80. The van der Waals surface area contributed by atoms with E-state index in [1.54, 1.807) is 6.21 Å². The molecule has 0 spiro atoms. The fourth-order valence-corrected chi connectivity index (χ4v) is 3.87. The molecule has 1 amide bonds. The number of nitrogen functional groups attached to an aromatic ring is 1. The molecule has 0 radical (unpaired) electrons. The van der Waals surface area contributed by atoms with Crippen LogP contribution in [-0.4, -0.2) is 38.3 Å². The summed E-state index contributed by atoms with van der Waals surface area (Å²) in [5.41, 5.74) is 11.0. The molecule has 0 aliphatic carbocycles. The van der Waals surface area contributed by atoms with Crippen LogP contribution >= 0.6 is 0 Å². The number of H-pyrrole nitrogens is 1. The predicted octanol–water partition coefficient (Wildman–Crippen LogP) is 4.31. The summed E-state index contributed by atoms with van der Waals surface area (Å²) in [6.45, 7) is 4.79. The summed E-state index contributed by atoms with van der Waals surface area (Å²) in [5, 5.41) is 8.61. The Hall–Kier alpha value is -4.20. The van der Waals surface area contributed by atoms with Crippen molar-refractivity contribution in [1.82, 2.24) is 24.9 Å². The molecule has 8 nitrogen and oxygen atoms in total. The Morgan fingerprint density at radius 2 is 1.88 bits per heavy atom. The molecule has 8 heteroatoms. The lowest BCUT2D eigenvalue weighted by Crippen LogP contribution is -2.26. The first-order valence-electron chi connectivity index (χ1n) is 11.0. The van der Waals surface area contributed by atoms with Crippen molar-refractivity contribution >= 4 is 51.0 Å². The van der Waals surface area contributed by atoms with E-state index in [2.05, 4.69) is 29.2 Å². The van der Waals surface area contributed by atoms with Crippen LogP contribution in [0.25, 0.3) is 33.1 Å². The van der Waals surface area contributed by atoms with Gasteiger partial charge >= 0.3 is 0 Å². The van der Waals surface area contributed by atoms with Gasteiger partial charge in [0.15, 0.2) is 5.65 Å². The molecule has 2 aromatic carbocycles. The van der Waals surface area contributed by atoms with Crippen molar-refractivity contribution in [1.29, 1.82) is 0 Å². The summed E-state index contributed by atoms with van der Waals surface area (Å²) in [7, 11) is 0. The molecule has 0 saturated carbocycles. The number of aromatic amines is 1. The lowest BCUT2D eigenvalue weighted by Gasteiger charge is -2.07. The van der Waals surface area contributed by atoms with Crippen molar-refractivity contribution < 1.29 is 4.79 Å². The normalized spacial score (nSPS) is 12.0. The monoisotopic (exact) mass is 439 g/mol. The summed E-state index contributed by atoms with van der Waals surface area (Å²) in [6, 6.07) is 15.5. The Labute approximate surface area is 190 Å². The number of anilines is 1. The highest BCUT2D eigenvalue weighted by Crippen LogP contribution is 2.28. The van der Waals surface area contributed by atoms with E-state index in [0.29, 0.717) is 40.2 Å². The van der Waals surface area contributed by atoms with Gasteiger partial charge in [0.1, 0.15) is 16.9 Å². The minimum atomic E-state index is -0.274. The molecular formula is C25H25N7O. The number of hydrogen-bond acceptors (Lipinski definition) is 5. The maximum absolute atomic E-state index is 13.1. The number of nitrogens with two attached hydrogens (primary N) is 1. The van der Waals surface area contributed by atoms with Crippen molar-refractivity contribution in [2.24, 2.45) is 11.0 Å². The number of benzene rings is 2. The number of amides is 1. The number of carbonyl (C=O) groups is 1. The van der Waals surface area contributed by atoms with E-state index >= 15 is 0 Å². The molecule has 0 fully saturated rings. The lowest BCUT2D eigenvalue weighted by molar-refractivity contribution is 0.0954. The van der Waals surface area contributed by atoms with E-state index in [4.69, 9.17) is 15.7 Å². The minimum Gasteiger partial charge on any atom is -0.383 e.